The van der Waals surface area contributed by atoms with Gasteiger partial charge in [0.25, 0.3) is 0 Å². The summed E-state index contributed by atoms with van der Waals surface area (Å²) in [6.07, 6.45) is -4.38. The molecule has 0 aliphatic carbocycles. The van der Waals surface area contributed by atoms with Crippen molar-refractivity contribution in [3.8, 4) is 11.4 Å². The normalized spacial score (nSPS) is 11.6. The van der Waals surface area contributed by atoms with Crippen molar-refractivity contribution in [1.29, 1.82) is 0 Å². The number of hydrogen-bond donors (Lipinski definition) is 0. The first-order chi connectivity index (χ1) is 8.36. The van der Waals surface area contributed by atoms with Gasteiger partial charge < -0.3 is 0 Å². The molecule has 0 fully saturated rings. The SMILES string of the molecule is FC(F)(F)c1cccc(-c2nc(Br)cc(Br)n2)c1. The number of halogens is 5. The Labute approximate surface area is 118 Å². The van der Waals surface area contributed by atoms with E-state index in [4.69, 9.17) is 0 Å². The average Bonchev–Trinajstić information content (AvgIpc) is 2.27. The van der Waals surface area contributed by atoms with E-state index in [0.29, 0.717) is 14.8 Å². The second-order valence-electron chi connectivity index (χ2n) is 3.42. The highest BCUT2D eigenvalue weighted by atomic mass is 79.9. The lowest BCUT2D eigenvalue weighted by Crippen LogP contribution is -2.04. The van der Waals surface area contributed by atoms with Crippen molar-refractivity contribution in [2.45, 2.75) is 6.18 Å². The van der Waals surface area contributed by atoms with Crippen LogP contribution in [0, 0.1) is 0 Å². The molecule has 0 aliphatic heterocycles. The van der Waals surface area contributed by atoms with Gasteiger partial charge in [0.2, 0.25) is 0 Å². The van der Waals surface area contributed by atoms with Crippen LogP contribution >= 0.6 is 31.9 Å². The minimum absolute atomic E-state index is 0.224. The molecule has 2 aromatic rings. The molecule has 94 valence electrons. The summed E-state index contributed by atoms with van der Waals surface area (Å²) in [5, 5.41) is 0. The van der Waals surface area contributed by atoms with Gasteiger partial charge in [-0.05, 0) is 44.0 Å². The molecule has 7 heteroatoms. The van der Waals surface area contributed by atoms with Crippen molar-refractivity contribution in [2.75, 3.05) is 0 Å². The zero-order valence-corrected chi connectivity index (χ0v) is 11.8. The van der Waals surface area contributed by atoms with Crippen molar-refractivity contribution < 1.29 is 13.2 Å². The van der Waals surface area contributed by atoms with Crippen LogP contribution < -0.4 is 0 Å². The molecule has 0 spiro atoms. The summed E-state index contributed by atoms with van der Waals surface area (Å²) < 4.78 is 38.7. The fraction of sp³-hybridized carbons (Fsp3) is 0.0909. The molecule has 0 unspecified atom stereocenters. The van der Waals surface area contributed by atoms with Crippen LogP contribution in [0.4, 0.5) is 13.2 Å². The first-order valence-corrected chi connectivity index (χ1v) is 6.32. The quantitative estimate of drug-likeness (QED) is 0.670. The highest BCUT2D eigenvalue weighted by molar-refractivity contribution is 9.11. The van der Waals surface area contributed by atoms with E-state index in [1.807, 2.05) is 0 Å². The van der Waals surface area contributed by atoms with Crippen LogP contribution in [0.5, 0.6) is 0 Å². The minimum atomic E-state index is -4.38. The highest BCUT2D eigenvalue weighted by Crippen LogP contribution is 2.31. The maximum atomic E-state index is 12.6. The molecule has 2 nitrogen and oxygen atoms in total. The summed E-state index contributed by atoms with van der Waals surface area (Å²) in [6.45, 7) is 0. The lowest BCUT2D eigenvalue weighted by molar-refractivity contribution is -0.137. The van der Waals surface area contributed by atoms with E-state index in [-0.39, 0.29) is 5.82 Å². The second-order valence-corrected chi connectivity index (χ2v) is 5.04. The topological polar surface area (TPSA) is 25.8 Å². The van der Waals surface area contributed by atoms with Gasteiger partial charge in [-0.2, -0.15) is 13.2 Å². The van der Waals surface area contributed by atoms with Crippen molar-refractivity contribution >= 4 is 31.9 Å². The Balaban J connectivity index is 2.51. The van der Waals surface area contributed by atoms with Gasteiger partial charge in [-0.1, -0.05) is 12.1 Å². The smallest absolute Gasteiger partial charge is 0.221 e. The van der Waals surface area contributed by atoms with Gasteiger partial charge in [-0.25, -0.2) is 9.97 Å². The maximum absolute atomic E-state index is 12.6. The summed E-state index contributed by atoms with van der Waals surface area (Å²) >= 11 is 6.33. The third-order valence-electron chi connectivity index (χ3n) is 2.11. The predicted octanol–water partition coefficient (Wildman–Crippen LogP) is 4.69. The molecule has 0 amide bonds. The number of rotatable bonds is 1. The minimum Gasteiger partial charge on any atom is -0.221 e. The Hall–Kier alpha value is -0.950. The summed E-state index contributed by atoms with van der Waals surface area (Å²) in [5.41, 5.74) is -0.411. The van der Waals surface area contributed by atoms with E-state index in [9.17, 15) is 13.2 Å². The van der Waals surface area contributed by atoms with Gasteiger partial charge in [0.1, 0.15) is 9.21 Å². The molecule has 0 aliphatic rings. The molecule has 1 aromatic carbocycles. The number of aromatic nitrogens is 2. The van der Waals surface area contributed by atoms with E-state index < -0.39 is 11.7 Å². The summed E-state index contributed by atoms with van der Waals surface area (Å²) in [4.78, 5) is 8.07. The second kappa shape index (κ2) is 4.97. The average molecular weight is 382 g/mol. The van der Waals surface area contributed by atoms with Crippen LogP contribution in [0.15, 0.2) is 39.5 Å². The van der Waals surface area contributed by atoms with Gasteiger partial charge in [0, 0.05) is 11.6 Å². The van der Waals surface area contributed by atoms with Gasteiger partial charge in [0.15, 0.2) is 5.82 Å². The first kappa shape index (κ1) is 13.5. The summed E-state index contributed by atoms with van der Waals surface area (Å²) in [5.74, 6) is 0.224. The van der Waals surface area contributed by atoms with E-state index >= 15 is 0 Å². The fourth-order valence-corrected chi connectivity index (χ4v) is 2.43. The number of benzene rings is 1. The Morgan fingerprint density at radius 3 is 2.11 bits per heavy atom. The number of hydrogen-bond acceptors (Lipinski definition) is 2. The molecule has 1 aromatic heterocycles. The molecule has 1 heterocycles. The summed E-state index contributed by atoms with van der Waals surface area (Å²) in [7, 11) is 0. The first-order valence-electron chi connectivity index (χ1n) is 4.74. The molecule has 18 heavy (non-hydrogen) atoms. The van der Waals surface area contributed by atoms with Gasteiger partial charge in [0.05, 0.1) is 5.56 Å². The van der Waals surface area contributed by atoms with Crippen molar-refractivity contribution in [2.24, 2.45) is 0 Å². The molecule has 0 atom stereocenters. The Bertz CT molecular complexity index is 564. The molecule has 0 bridgehead atoms. The lowest BCUT2D eigenvalue weighted by Gasteiger charge is -2.08. The lowest BCUT2D eigenvalue weighted by atomic mass is 10.1. The van der Waals surface area contributed by atoms with Crippen LogP contribution in [0.3, 0.4) is 0 Å². The molecule has 0 radical (unpaired) electrons. The van der Waals surface area contributed by atoms with Crippen LogP contribution in [-0.4, -0.2) is 9.97 Å². The van der Waals surface area contributed by atoms with E-state index in [1.54, 1.807) is 6.07 Å². The number of nitrogens with zero attached hydrogens (tertiary/aromatic N) is 2. The van der Waals surface area contributed by atoms with Crippen LogP contribution in [0.2, 0.25) is 0 Å². The highest BCUT2D eigenvalue weighted by Gasteiger charge is 2.30. The standard InChI is InChI=1S/C11H5Br2F3N2/c12-8-5-9(13)18-10(17-8)6-2-1-3-7(4-6)11(14,15)16/h1-5H. The maximum Gasteiger partial charge on any atom is 0.416 e. The molecule has 0 saturated carbocycles. The van der Waals surface area contributed by atoms with E-state index in [2.05, 4.69) is 41.8 Å². The monoisotopic (exact) mass is 380 g/mol. The van der Waals surface area contributed by atoms with Crippen molar-refractivity contribution in [1.82, 2.24) is 9.97 Å². The van der Waals surface area contributed by atoms with Gasteiger partial charge in [-0.15, -0.1) is 0 Å². The Morgan fingerprint density at radius 2 is 1.56 bits per heavy atom. The molecular weight excluding hydrogens is 377 g/mol. The largest absolute Gasteiger partial charge is 0.416 e. The zero-order valence-electron chi connectivity index (χ0n) is 8.67. The third kappa shape index (κ3) is 3.08. The number of alkyl halides is 3. The fourth-order valence-electron chi connectivity index (χ4n) is 1.35. The van der Waals surface area contributed by atoms with Crippen LogP contribution in [0.1, 0.15) is 5.56 Å². The van der Waals surface area contributed by atoms with Crippen LogP contribution in [-0.2, 0) is 6.18 Å². The van der Waals surface area contributed by atoms with Crippen molar-refractivity contribution in [3.63, 3.8) is 0 Å². The summed E-state index contributed by atoms with van der Waals surface area (Å²) in [6, 6.07) is 6.50. The molecular formula is C11H5Br2F3N2. The van der Waals surface area contributed by atoms with Gasteiger partial charge in [-0.3, -0.25) is 0 Å². The van der Waals surface area contributed by atoms with Crippen LogP contribution in [0.25, 0.3) is 11.4 Å². The molecule has 0 N–H and O–H groups in total. The Kier molecular flexibility index (Phi) is 3.72. The molecule has 2 rings (SSSR count). The predicted molar refractivity (Wildman–Crippen MR) is 67.9 cm³/mol. The molecule has 0 saturated heterocycles. The van der Waals surface area contributed by atoms with E-state index in [0.717, 1.165) is 12.1 Å². The third-order valence-corrected chi connectivity index (χ3v) is 2.92. The zero-order chi connectivity index (χ0) is 13.3. The van der Waals surface area contributed by atoms with E-state index in [1.165, 1.54) is 12.1 Å². The van der Waals surface area contributed by atoms with Crippen molar-refractivity contribution in [3.05, 3.63) is 45.1 Å². The Morgan fingerprint density at radius 1 is 0.944 bits per heavy atom. The van der Waals surface area contributed by atoms with Gasteiger partial charge >= 0.3 is 6.18 Å².